The van der Waals surface area contributed by atoms with Crippen LogP contribution in [-0.4, -0.2) is 0 Å². The summed E-state index contributed by atoms with van der Waals surface area (Å²) in [6.45, 7) is 28.1. The quantitative estimate of drug-likeness (QED) is 0.191. The average Bonchev–Trinajstić information content (AvgIpc) is 2.99. The highest BCUT2D eigenvalue weighted by Crippen LogP contribution is 2.45. The van der Waals surface area contributed by atoms with Gasteiger partial charge in [-0.2, -0.15) is 0 Å². The van der Waals surface area contributed by atoms with Crippen molar-refractivity contribution in [2.75, 3.05) is 0 Å². The van der Waals surface area contributed by atoms with E-state index < -0.39 is 0 Å². The van der Waals surface area contributed by atoms with Crippen molar-refractivity contribution in [3.05, 3.63) is 131 Å². The first-order valence-corrected chi connectivity index (χ1v) is 16.9. The van der Waals surface area contributed by atoms with Crippen LogP contribution in [0.15, 0.2) is 109 Å². The number of hydrogen-bond acceptors (Lipinski definition) is 0. The topological polar surface area (TPSA) is 0 Å². The summed E-state index contributed by atoms with van der Waals surface area (Å²) in [5, 5.41) is 0. The smallest absolute Gasteiger partial charge is 0.0109 e. The minimum atomic E-state index is -0.0359. The standard InChI is InChI=1S/C46H54/c1-43(2,3)38-26-36(27-39(30-38)44(4,5)6)37-28-40(45(7,8)9)42(41(29-37)46(10,11)12)35-24-22-34(23-25-35)33-20-18-32(19-21-33)31-16-14-13-15-17-31/h13-30H,1-12H3. The maximum Gasteiger partial charge on any atom is -0.0109 e. The van der Waals surface area contributed by atoms with Gasteiger partial charge < -0.3 is 0 Å². The first kappa shape index (κ1) is 33.5. The highest BCUT2D eigenvalue weighted by molar-refractivity contribution is 5.81. The van der Waals surface area contributed by atoms with Crippen molar-refractivity contribution >= 4 is 0 Å². The Morgan fingerprint density at radius 3 is 0.957 bits per heavy atom. The lowest BCUT2D eigenvalue weighted by atomic mass is 9.72. The SMILES string of the molecule is CC(C)(C)c1cc(-c2cc(C(C)(C)C)c(-c3ccc(-c4ccc(-c5ccccc5)cc4)cc3)c(C(C)(C)C)c2)cc(C(C)(C)C)c1. The lowest BCUT2D eigenvalue weighted by Gasteiger charge is -2.32. The molecule has 0 aliphatic carbocycles. The zero-order valence-electron chi connectivity index (χ0n) is 30.4. The predicted molar refractivity (Wildman–Crippen MR) is 203 cm³/mol. The van der Waals surface area contributed by atoms with Gasteiger partial charge in [0.25, 0.3) is 0 Å². The van der Waals surface area contributed by atoms with Crippen LogP contribution in [0.25, 0.3) is 44.5 Å². The monoisotopic (exact) mass is 606 g/mol. The van der Waals surface area contributed by atoms with Crippen LogP contribution >= 0.6 is 0 Å². The van der Waals surface area contributed by atoms with Crippen LogP contribution in [0.2, 0.25) is 0 Å². The van der Waals surface area contributed by atoms with E-state index in [1.807, 2.05) is 0 Å². The van der Waals surface area contributed by atoms with Crippen molar-refractivity contribution in [1.29, 1.82) is 0 Å². The van der Waals surface area contributed by atoms with E-state index in [-0.39, 0.29) is 21.7 Å². The first-order chi connectivity index (χ1) is 21.3. The molecule has 0 saturated carbocycles. The second-order valence-corrected chi connectivity index (χ2v) is 17.3. The van der Waals surface area contributed by atoms with E-state index in [4.69, 9.17) is 0 Å². The molecule has 0 N–H and O–H groups in total. The molecule has 0 aromatic heterocycles. The van der Waals surface area contributed by atoms with Crippen molar-refractivity contribution < 1.29 is 0 Å². The van der Waals surface area contributed by atoms with E-state index in [1.165, 1.54) is 66.8 Å². The average molecular weight is 607 g/mol. The molecule has 0 atom stereocenters. The van der Waals surface area contributed by atoms with E-state index in [0.717, 1.165) is 0 Å². The maximum absolute atomic E-state index is 2.48. The lowest BCUT2D eigenvalue weighted by molar-refractivity contribution is 0.568. The molecule has 0 nitrogen and oxygen atoms in total. The van der Waals surface area contributed by atoms with Crippen LogP contribution in [0.5, 0.6) is 0 Å². The number of rotatable bonds is 4. The summed E-state index contributed by atoms with van der Waals surface area (Å²) in [5.41, 5.74) is 15.9. The molecule has 0 unspecified atom stereocenters. The number of hydrogen-bond donors (Lipinski definition) is 0. The maximum atomic E-state index is 2.48. The third-order valence-corrected chi connectivity index (χ3v) is 9.25. The second-order valence-electron chi connectivity index (χ2n) is 17.3. The highest BCUT2D eigenvalue weighted by Gasteiger charge is 2.29. The van der Waals surface area contributed by atoms with Crippen molar-refractivity contribution in [3.8, 4) is 44.5 Å². The van der Waals surface area contributed by atoms with E-state index in [2.05, 4.69) is 192 Å². The molecule has 0 saturated heterocycles. The Bertz CT molecular complexity index is 1740. The highest BCUT2D eigenvalue weighted by atomic mass is 14.3. The molecule has 0 spiro atoms. The van der Waals surface area contributed by atoms with Gasteiger partial charge in [0.15, 0.2) is 0 Å². The lowest BCUT2D eigenvalue weighted by Crippen LogP contribution is -2.20. The van der Waals surface area contributed by atoms with Gasteiger partial charge in [0.1, 0.15) is 0 Å². The molecule has 0 amide bonds. The summed E-state index contributed by atoms with van der Waals surface area (Å²) in [4.78, 5) is 0. The molecule has 0 radical (unpaired) electrons. The Morgan fingerprint density at radius 1 is 0.283 bits per heavy atom. The molecule has 0 heterocycles. The van der Waals surface area contributed by atoms with Crippen molar-refractivity contribution in [2.24, 2.45) is 0 Å². The zero-order chi connectivity index (χ0) is 33.7. The van der Waals surface area contributed by atoms with Crippen molar-refractivity contribution in [3.63, 3.8) is 0 Å². The third kappa shape index (κ3) is 7.23. The van der Waals surface area contributed by atoms with Gasteiger partial charge in [0.05, 0.1) is 0 Å². The van der Waals surface area contributed by atoms with Gasteiger partial charge >= 0.3 is 0 Å². The van der Waals surface area contributed by atoms with Gasteiger partial charge in [0.2, 0.25) is 0 Å². The minimum Gasteiger partial charge on any atom is -0.0622 e. The van der Waals surface area contributed by atoms with E-state index >= 15 is 0 Å². The van der Waals surface area contributed by atoms with Gasteiger partial charge in [-0.1, -0.05) is 180 Å². The van der Waals surface area contributed by atoms with Crippen molar-refractivity contribution in [1.82, 2.24) is 0 Å². The predicted octanol–water partition coefficient (Wildman–Crippen LogP) is 13.5. The van der Waals surface area contributed by atoms with Crippen LogP contribution in [0, 0.1) is 0 Å². The molecule has 5 rings (SSSR count). The van der Waals surface area contributed by atoms with Gasteiger partial charge in [-0.25, -0.2) is 0 Å². The Kier molecular flexibility index (Phi) is 8.76. The Balaban J connectivity index is 1.65. The summed E-state index contributed by atoms with van der Waals surface area (Å²) < 4.78 is 0. The van der Waals surface area contributed by atoms with Crippen LogP contribution in [0.4, 0.5) is 0 Å². The molecule has 0 aliphatic heterocycles. The normalized spacial score (nSPS) is 12.8. The van der Waals surface area contributed by atoms with Crippen LogP contribution in [-0.2, 0) is 21.7 Å². The van der Waals surface area contributed by atoms with Crippen molar-refractivity contribution in [2.45, 2.75) is 105 Å². The number of benzene rings is 5. The fraction of sp³-hybridized carbons (Fsp3) is 0.348. The molecule has 0 heteroatoms. The molecule has 0 aliphatic rings. The molecular formula is C46H54. The summed E-state index contributed by atoms with van der Waals surface area (Å²) in [6, 6.07) is 41.0. The zero-order valence-corrected chi connectivity index (χ0v) is 30.4. The minimum absolute atomic E-state index is 0.0359. The van der Waals surface area contributed by atoms with E-state index in [0.29, 0.717) is 0 Å². The van der Waals surface area contributed by atoms with Gasteiger partial charge in [-0.15, -0.1) is 0 Å². The van der Waals surface area contributed by atoms with E-state index in [9.17, 15) is 0 Å². The summed E-state index contributed by atoms with van der Waals surface area (Å²) in [5.74, 6) is 0. The summed E-state index contributed by atoms with van der Waals surface area (Å²) in [6.07, 6.45) is 0. The largest absolute Gasteiger partial charge is 0.0622 e. The third-order valence-electron chi connectivity index (χ3n) is 9.25. The Labute approximate surface area is 279 Å². The van der Waals surface area contributed by atoms with E-state index in [1.54, 1.807) is 0 Å². The Hall–Kier alpha value is -3.90. The fourth-order valence-corrected chi connectivity index (χ4v) is 6.28. The van der Waals surface area contributed by atoms with Gasteiger partial charge in [-0.05, 0) is 101 Å². The molecular weight excluding hydrogens is 553 g/mol. The summed E-state index contributed by atoms with van der Waals surface area (Å²) >= 11 is 0. The van der Waals surface area contributed by atoms with Gasteiger partial charge in [-0.3, -0.25) is 0 Å². The molecule has 46 heavy (non-hydrogen) atoms. The fourth-order valence-electron chi connectivity index (χ4n) is 6.28. The Morgan fingerprint density at radius 2 is 0.609 bits per heavy atom. The molecule has 5 aromatic rings. The molecule has 5 aromatic carbocycles. The van der Waals surface area contributed by atoms with Gasteiger partial charge in [0, 0.05) is 0 Å². The van der Waals surface area contributed by atoms with Crippen LogP contribution in [0.3, 0.4) is 0 Å². The van der Waals surface area contributed by atoms with Crippen LogP contribution < -0.4 is 0 Å². The molecule has 0 bridgehead atoms. The molecule has 0 fully saturated rings. The summed E-state index contributed by atoms with van der Waals surface area (Å²) in [7, 11) is 0. The second kappa shape index (κ2) is 12.0. The first-order valence-electron chi connectivity index (χ1n) is 16.9. The van der Waals surface area contributed by atoms with Crippen LogP contribution in [0.1, 0.15) is 105 Å². The molecule has 238 valence electrons.